The quantitative estimate of drug-likeness (QED) is 0.565. The third-order valence-electron chi connectivity index (χ3n) is 2.43. The first-order valence-corrected chi connectivity index (χ1v) is 7.22. The van der Waals surface area contributed by atoms with Crippen LogP contribution < -0.4 is 10.1 Å². The van der Waals surface area contributed by atoms with Crippen LogP contribution in [-0.4, -0.2) is 45.4 Å². The van der Waals surface area contributed by atoms with Gasteiger partial charge in [0.1, 0.15) is 18.9 Å². The van der Waals surface area contributed by atoms with Crippen molar-refractivity contribution in [2.24, 2.45) is 0 Å². The lowest BCUT2D eigenvalue weighted by atomic mass is 10.2. The highest BCUT2D eigenvalue weighted by molar-refractivity contribution is 9.10. The normalized spacial score (nSPS) is 10.0. The van der Waals surface area contributed by atoms with Crippen LogP contribution in [0.5, 0.6) is 5.75 Å². The smallest absolute Gasteiger partial charge is 0.325 e. The van der Waals surface area contributed by atoms with Crippen LogP contribution in [0.2, 0.25) is 0 Å². The van der Waals surface area contributed by atoms with Gasteiger partial charge in [0.2, 0.25) is 0 Å². The molecular weight excluding hydrogens is 342 g/mol. The number of carbonyl (C=O) groups excluding carboxylic acids is 2. The minimum atomic E-state index is -0.484. The van der Waals surface area contributed by atoms with Gasteiger partial charge in [0, 0.05) is 11.6 Å². The van der Waals surface area contributed by atoms with E-state index in [9.17, 15) is 9.59 Å². The molecule has 0 aliphatic rings. The Labute approximate surface area is 131 Å². The maximum absolute atomic E-state index is 12.1. The van der Waals surface area contributed by atoms with E-state index in [1.54, 1.807) is 32.2 Å². The second-order valence-corrected chi connectivity index (χ2v) is 4.89. The monoisotopic (exact) mass is 359 g/mol. The third-order valence-corrected chi connectivity index (χ3v) is 2.92. The molecule has 1 aromatic carbocycles. The summed E-state index contributed by atoms with van der Waals surface area (Å²) in [5, 5.41) is 2.50. The number of nitrogens with one attached hydrogen (secondary N) is 1. The summed E-state index contributed by atoms with van der Waals surface area (Å²) in [6, 6.07) is 5.08. The number of methoxy groups -OCH3 is 1. The van der Waals surface area contributed by atoms with E-state index in [1.807, 2.05) is 0 Å². The molecule has 0 radical (unpaired) electrons. The number of amides is 1. The SMILES string of the molecule is CCOC(=O)CNC(=O)c1cc(Br)ccc1OCCOC. The van der Waals surface area contributed by atoms with Gasteiger partial charge in [0.15, 0.2) is 0 Å². The number of hydrogen-bond donors (Lipinski definition) is 1. The first kappa shape index (κ1) is 17.5. The number of ether oxygens (including phenoxy) is 3. The van der Waals surface area contributed by atoms with Crippen molar-refractivity contribution in [1.82, 2.24) is 5.32 Å². The highest BCUT2D eigenvalue weighted by Crippen LogP contribution is 2.23. The van der Waals surface area contributed by atoms with Crippen molar-refractivity contribution in [2.45, 2.75) is 6.92 Å². The summed E-state index contributed by atoms with van der Waals surface area (Å²) < 4.78 is 15.9. The standard InChI is InChI=1S/C14H18BrNO5/c1-3-20-13(17)9-16-14(18)11-8-10(15)4-5-12(11)21-7-6-19-2/h4-5,8H,3,6-7,9H2,1-2H3,(H,16,18). The largest absolute Gasteiger partial charge is 0.490 e. The molecule has 0 heterocycles. The van der Waals surface area contributed by atoms with Crippen molar-refractivity contribution >= 4 is 27.8 Å². The summed E-state index contributed by atoms with van der Waals surface area (Å²) in [6.45, 7) is 2.54. The van der Waals surface area contributed by atoms with Crippen LogP contribution in [0.25, 0.3) is 0 Å². The summed E-state index contributed by atoms with van der Waals surface area (Å²) >= 11 is 3.30. The van der Waals surface area contributed by atoms with Gasteiger partial charge in [-0.3, -0.25) is 9.59 Å². The summed E-state index contributed by atoms with van der Waals surface area (Å²) in [7, 11) is 1.57. The number of halogens is 1. The molecule has 6 nitrogen and oxygen atoms in total. The molecule has 1 aromatic rings. The minimum absolute atomic E-state index is 0.184. The maximum atomic E-state index is 12.1. The predicted octanol–water partition coefficient (Wildman–Crippen LogP) is 1.77. The Morgan fingerprint density at radius 1 is 1.29 bits per heavy atom. The van der Waals surface area contributed by atoms with Gasteiger partial charge in [-0.1, -0.05) is 15.9 Å². The van der Waals surface area contributed by atoms with Crippen molar-refractivity contribution in [3.05, 3.63) is 28.2 Å². The molecule has 0 unspecified atom stereocenters. The van der Waals surface area contributed by atoms with E-state index in [1.165, 1.54) is 0 Å². The van der Waals surface area contributed by atoms with Gasteiger partial charge in [-0.15, -0.1) is 0 Å². The number of carbonyl (C=O) groups is 2. The van der Waals surface area contributed by atoms with Gasteiger partial charge < -0.3 is 19.5 Å². The molecule has 1 N–H and O–H groups in total. The van der Waals surface area contributed by atoms with Crippen LogP contribution >= 0.6 is 15.9 Å². The summed E-state index contributed by atoms with van der Waals surface area (Å²) in [6.07, 6.45) is 0. The summed E-state index contributed by atoms with van der Waals surface area (Å²) in [4.78, 5) is 23.4. The molecule has 0 aliphatic heterocycles. The molecule has 7 heteroatoms. The molecule has 0 saturated heterocycles. The van der Waals surface area contributed by atoms with E-state index in [0.29, 0.717) is 24.5 Å². The fourth-order valence-electron chi connectivity index (χ4n) is 1.50. The molecule has 0 aromatic heterocycles. The Bertz CT molecular complexity index is 492. The Morgan fingerprint density at radius 2 is 2.05 bits per heavy atom. The first-order chi connectivity index (χ1) is 10.1. The fourth-order valence-corrected chi connectivity index (χ4v) is 1.86. The van der Waals surface area contributed by atoms with E-state index in [4.69, 9.17) is 14.2 Å². The average molecular weight is 360 g/mol. The zero-order chi connectivity index (χ0) is 15.7. The van der Waals surface area contributed by atoms with Crippen LogP contribution in [0.1, 0.15) is 17.3 Å². The van der Waals surface area contributed by atoms with Gasteiger partial charge in [0.05, 0.1) is 18.8 Å². The van der Waals surface area contributed by atoms with Gasteiger partial charge in [0.25, 0.3) is 5.91 Å². The molecule has 1 amide bonds. The minimum Gasteiger partial charge on any atom is -0.490 e. The molecule has 0 spiro atoms. The Balaban J connectivity index is 2.72. The summed E-state index contributed by atoms with van der Waals surface area (Å²) in [5.41, 5.74) is 0.338. The fraction of sp³-hybridized carbons (Fsp3) is 0.429. The van der Waals surface area contributed by atoms with Gasteiger partial charge in [-0.25, -0.2) is 0 Å². The van der Waals surface area contributed by atoms with Crippen LogP contribution in [0.15, 0.2) is 22.7 Å². The molecule has 0 saturated carbocycles. The Morgan fingerprint density at radius 3 is 2.71 bits per heavy atom. The van der Waals surface area contributed by atoms with Crippen LogP contribution in [0.4, 0.5) is 0 Å². The van der Waals surface area contributed by atoms with E-state index < -0.39 is 11.9 Å². The number of rotatable bonds is 8. The molecule has 0 atom stereocenters. The lowest BCUT2D eigenvalue weighted by molar-refractivity contribution is -0.141. The second kappa shape index (κ2) is 9.36. The molecule has 116 valence electrons. The Kier molecular flexibility index (Phi) is 7.78. The lowest BCUT2D eigenvalue weighted by Gasteiger charge is -2.12. The van der Waals surface area contributed by atoms with Gasteiger partial charge in [-0.05, 0) is 25.1 Å². The van der Waals surface area contributed by atoms with Crippen molar-refractivity contribution in [3.8, 4) is 5.75 Å². The number of benzene rings is 1. The van der Waals surface area contributed by atoms with Crippen LogP contribution in [-0.2, 0) is 14.3 Å². The highest BCUT2D eigenvalue weighted by Gasteiger charge is 2.14. The molecular formula is C14H18BrNO5. The Hall–Kier alpha value is -1.60. The average Bonchev–Trinajstić information content (AvgIpc) is 2.46. The molecule has 0 aliphatic carbocycles. The first-order valence-electron chi connectivity index (χ1n) is 6.43. The summed E-state index contributed by atoms with van der Waals surface area (Å²) in [5.74, 6) is -0.462. The third kappa shape index (κ3) is 6.14. The maximum Gasteiger partial charge on any atom is 0.325 e. The highest BCUT2D eigenvalue weighted by atomic mass is 79.9. The van der Waals surface area contributed by atoms with Crippen molar-refractivity contribution < 1.29 is 23.8 Å². The predicted molar refractivity (Wildman–Crippen MR) is 80.5 cm³/mol. The zero-order valence-electron chi connectivity index (χ0n) is 12.0. The molecule has 21 heavy (non-hydrogen) atoms. The lowest BCUT2D eigenvalue weighted by Crippen LogP contribution is -2.31. The topological polar surface area (TPSA) is 73.9 Å². The van der Waals surface area contributed by atoms with E-state index >= 15 is 0 Å². The molecule has 0 fully saturated rings. The van der Waals surface area contributed by atoms with Crippen LogP contribution in [0, 0.1) is 0 Å². The van der Waals surface area contributed by atoms with Gasteiger partial charge in [-0.2, -0.15) is 0 Å². The number of esters is 1. The van der Waals surface area contributed by atoms with Crippen LogP contribution in [0.3, 0.4) is 0 Å². The van der Waals surface area contributed by atoms with Crippen molar-refractivity contribution in [3.63, 3.8) is 0 Å². The second-order valence-electron chi connectivity index (χ2n) is 3.97. The van der Waals surface area contributed by atoms with E-state index in [0.717, 1.165) is 4.47 Å². The van der Waals surface area contributed by atoms with E-state index in [-0.39, 0.29) is 13.2 Å². The van der Waals surface area contributed by atoms with Crippen molar-refractivity contribution in [1.29, 1.82) is 0 Å². The number of hydrogen-bond acceptors (Lipinski definition) is 5. The van der Waals surface area contributed by atoms with Crippen molar-refractivity contribution in [2.75, 3.05) is 33.5 Å². The van der Waals surface area contributed by atoms with E-state index in [2.05, 4.69) is 21.2 Å². The van der Waals surface area contributed by atoms with Gasteiger partial charge >= 0.3 is 5.97 Å². The zero-order valence-corrected chi connectivity index (χ0v) is 13.6. The molecule has 1 rings (SSSR count). The molecule has 0 bridgehead atoms.